The Bertz CT molecular complexity index is 1030. The number of carboxylic acids is 1. The van der Waals surface area contributed by atoms with Crippen LogP contribution in [-0.4, -0.2) is 16.2 Å². The third kappa shape index (κ3) is 1.51. The maximum Gasteiger partial charge on any atom is 0.335 e. The SMILES string of the molecule is Cc1ccc2ccc3cc(C(=O)O)cc4c(O)cc1c2c34. The van der Waals surface area contributed by atoms with E-state index in [4.69, 9.17) is 0 Å². The van der Waals surface area contributed by atoms with Gasteiger partial charge in [0.2, 0.25) is 0 Å². The van der Waals surface area contributed by atoms with E-state index < -0.39 is 5.97 Å². The van der Waals surface area contributed by atoms with E-state index in [0.29, 0.717) is 5.39 Å². The molecule has 0 aliphatic carbocycles. The van der Waals surface area contributed by atoms with Crippen LogP contribution in [0.25, 0.3) is 32.3 Å². The van der Waals surface area contributed by atoms with Crippen molar-refractivity contribution >= 4 is 38.3 Å². The van der Waals surface area contributed by atoms with Gasteiger partial charge >= 0.3 is 5.97 Å². The molecule has 0 bridgehead atoms. The van der Waals surface area contributed by atoms with Crippen LogP contribution in [0.1, 0.15) is 15.9 Å². The molecular weight excluding hydrogens is 264 g/mol. The van der Waals surface area contributed by atoms with Crippen molar-refractivity contribution in [2.45, 2.75) is 6.92 Å². The average molecular weight is 276 g/mol. The van der Waals surface area contributed by atoms with Crippen molar-refractivity contribution < 1.29 is 15.0 Å². The predicted molar refractivity (Wildman–Crippen MR) is 83.5 cm³/mol. The van der Waals surface area contributed by atoms with Crippen molar-refractivity contribution in [3.63, 3.8) is 0 Å². The molecule has 4 aromatic rings. The van der Waals surface area contributed by atoms with Gasteiger partial charge in [-0.2, -0.15) is 0 Å². The number of aryl methyl sites for hydroxylation is 1. The second kappa shape index (κ2) is 3.85. The lowest BCUT2D eigenvalue weighted by molar-refractivity contribution is 0.0697. The maximum atomic E-state index is 11.3. The fourth-order valence-corrected chi connectivity index (χ4v) is 3.14. The van der Waals surface area contributed by atoms with Crippen molar-refractivity contribution in [3.8, 4) is 5.75 Å². The molecule has 2 N–H and O–H groups in total. The molecule has 0 fully saturated rings. The van der Waals surface area contributed by atoms with Crippen molar-refractivity contribution in [1.29, 1.82) is 0 Å². The third-order valence-electron chi connectivity index (χ3n) is 4.16. The van der Waals surface area contributed by atoms with E-state index in [2.05, 4.69) is 6.07 Å². The molecule has 0 aromatic heterocycles. The Labute approximate surface area is 120 Å². The minimum atomic E-state index is -0.990. The topological polar surface area (TPSA) is 57.5 Å². The lowest BCUT2D eigenvalue weighted by Gasteiger charge is -2.14. The van der Waals surface area contributed by atoms with Gasteiger partial charge in [0.15, 0.2) is 0 Å². The number of carbonyl (C=O) groups is 1. The largest absolute Gasteiger partial charge is 0.507 e. The number of phenols is 1. The average Bonchev–Trinajstić information content (AvgIpc) is 2.47. The molecule has 0 saturated carbocycles. The smallest absolute Gasteiger partial charge is 0.335 e. The van der Waals surface area contributed by atoms with Crippen molar-refractivity contribution in [2.24, 2.45) is 0 Å². The summed E-state index contributed by atoms with van der Waals surface area (Å²) < 4.78 is 0. The quantitative estimate of drug-likeness (QED) is 0.510. The Morgan fingerprint density at radius 3 is 2.33 bits per heavy atom. The van der Waals surface area contributed by atoms with Gasteiger partial charge in [0.1, 0.15) is 5.75 Å². The summed E-state index contributed by atoms with van der Waals surface area (Å²) in [5, 5.41) is 25.1. The van der Waals surface area contributed by atoms with Crippen molar-refractivity contribution in [3.05, 3.63) is 53.6 Å². The highest BCUT2D eigenvalue weighted by molar-refractivity contribution is 6.25. The van der Waals surface area contributed by atoms with E-state index in [1.54, 1.807) is 18.2 Å². The van der Waals surface area contributed by atoms with Crippen LogP contribution >= 0.6 is 0 Å². The van der Waals surface area contributed by atoms with Gasteiger partial charge in [0.05, 0.1) is 5.56 Å². The molecule has 3 heteroatoms. The third-order valence-corrected chi connectivity index (χ3v) is 4.16. The number of phenolic OH excluding ortho intramolecular Hbond substituents is 1. The first-order chi connectivity index (χ1) is 10.1. The number of hydrogen-bond acceptors (Lipinski definition) is 2. The Morgan fingerprint density at radius 1 is 0.905 bits per heavy atom. The second-order valence-corrected chi connectivity index (χ2v) is 5.42. The summed E-state index contributed by atoms with van der Waals surface area (Å²) in [7, 11) is 0. The summed E-state index contributed by atoms with van der Waals surface area (Å²) >= 11 is 0. The van der Waals surface area contributed by atoms with Crippen LogP contribution in [0.2, 0.25) is 0 Å². The number of benzene rings is 4. The van der Waals surface area contributed by atoms with Crippen molar-refractivity contribution in [1.82, 2.24) is 0 Å². The van der Waals surface area contributed by atoms with Crippen molar-refractivity contribution in [2.75, 3.05) is 0 Å². The molecule has 0 aliphatic rings. The Balaban J connectivity index is 2.36. The van der Waals surface area contributed by atoms with Gasteiger partial charge in [-0.15, -0.1) is 0 Å². The molecule has 0 spiro atoms. The molecule has 0 heterocycles. The number of carboxylic acid groups (broad SMARTS) is 1. The van der Waals surface area contributed by atoms with E-state index >= 15 is 0 Å². The lowest BCUT2D eigenvalue weighted by Crippen LogP contribution is -1.97. The summed E-state index contributed by atoms with van der Waals surface area (Å²) in [6.45, 7) is 2.01. The molecular formula is C18H12O3. The highest BCUT2D eigenvalue weighted by atomic mass is 16.4. The molecule has 102 valence electrons. The fraction of sp³-hybridized carbons (Fsp3) is 0.0556. The summed E-state index contributed by atoms with van der Waals surface area (Å²) in [6.07, 6.45) is 0. The standard InChI is InChI=1S/C18H12O3/c1-9-2-3-10-4-5-11-6-12(18(20)21)7-14-15(19)8-13(9)16(10)17(11)14/h2-8,19H,1H3,(H,20,21). The van der Waals surface area contributed by atoms with Gasteiger partial charge in [-0.3, -0.25) is 0 Å². The maximum absolute atomic E-state index is 11.3. The predicted octanol–water partition coefficient (Wildman–Crippen LogP) is 4.30. The Morgan fingerprint density at radius 2 is 1.57 bits per heavy atom. The van der Waals surface area contributed by atoms with Gasteiger partial charge in [-0.25, -0.2) is 4.79 Å². The molecule has 0 aliphatic heterocycles. The Kier molecular flexibility index (Phi) is 2.20. The lowest BCUT2D eigenvalue weighted by atomic mass is 9.90. The molecule has 4 rings (SSSR count). The molecule has 0 saturated heterocycles. The minimum Gasteiger partial charge on any atom is -0.507 e. The minimum absolute atomic E-state index is 0.123. The van der Waals surface area contributed by atoms with Crippen LogP contribution in [0, 0.1) is 6.92 Å². The van der Waals surface area contributed by atoms with Gasteiger partial charge in [0.25, 0.3) is 0 Å². The number of hydrogen-bond donors (Lipinski definition) is 2. The molecule has 0 amide bonds. The van der Waals surface area contributed by atoms with Crippen LogP contribution < -0.4 is 0 Å². The highest BCUT2D eigenvalue weighted by Crippen LogP contribution is 2.40. The summed E-state index contributed by atoms with van der Waals surface area (Å²) in [5.74, 6) is -0.867. The van der Waals surface area contributed by atoms with E-state index in [1.165, 1.54) is 0 Å². The normalized spacial score (nSPS) is 11.7. The molecule has 0 atom stereocenters. The number of aromatic carboxylic acids is 1. The van der Waals surface area contributed by atoms with Crippen LogP contribution in [0.4, 0.5) is 0 Å². The molecule has 0 radical (unpaired) electrons. The van der Waals surface area contributed by atoms with Gasteiger partial charge in [-0.05, 0) is 52.2 Å². The second-order valence-electron chi connectivity index (χ2n) is 5.42. The molecule has 3 nitrogen and oxygen atoms in total. The van der Waals surface area contributed by atoms with Gasteiger partial charge in [0, 0.05) is 10.8 Å². The summed E-state index contributed by atoms with van der Waals surface area (Å²) in [6, 6.07) is 12.9. The molecule has 0 unspecified atom stereocenters. The highest BCUT2D eigenvalue weighted by Gasteiger charge is 2.15. The first-order valence-electron chi connectivity index (χ1n) is 6.70. The zero-order valence-electron chi connectivity index (χ0n) is 11.3. The van der Waals surface area contributed by atoms with Crippen LogP contribution in [0.3, 0.4) is 0 Å². The number of rotatable bonds is 1. The van der Waals surface area contributed by atoms with Gasteiger partial charge in [-0.1, -0.05) is 24.3 Å². The Hall–Kier alpha value is -2.81. The zero-order valence-corrected chi connectivity index (χ0v) is 11.3. The molecule has 21 heavy (non-hydrogen) atoms. The first-order valence-corrected chi connectivity index (χ1v) is 6.70. The first kappa shape index (κ1) is 12.0. The van der Waals surface area contributed by atoms with E-state index in [0.717, 1.165) is 32.5 Å². The monoisotopic (exact) mass is 276 g/mol. The van der Waals surface area contributed by atoms with Crippen LogP contribution in [0.15, 0.2) is 42.5 Å². The van der Waals surface area contributed by atoms with E-state index in [1.807, 2.05) is 25.1 Å². The summed E-state index contributed by atoms with van der Waals surface area (Å²) in [5.41, 5.74) is 1.28. The van der Waals surface area contributed by atoms with E-state index in [9.17, 15) is 15.0 Å². The van der Waals surface area contributed by atoms with Gasteiger partial charge < -0.3 is 10.2 Å². The molecule has 4 aromatic carbocycles. The summed E-state index contributed by atoms with van der Waals surface area (Å²) in [4.78, 5) is 11.3. The van der Waals surface area contributed by atoms with E-state index in [-0.39, 0.29) is 11.3 Å². The van der Waals surface area contributed by atoms with Crippen LogP contribution in [0.5, 0.6) is 5.75 Å². The fourth-order valence-electron chi connectivity index (χ4n) is 3.14. The number of aromatic hydroxyl groups is 1. The zero-order chi connectivity index (χ0) is 14.7. The van der Waals surface area contributed by atoms with Crippen LogP contribution in [-0.2, 0) is 0 Å².